The molecule has 1 aromatic rings. The number of azo groups is 1. The van der Waals surface area contributed by atoms with Crippen LogP contribution in [0.5, 0.6) is 0 Å². The van der Waals surface area contributed by atoms with E-state index in [4.69, 9.17) is 0 Å². The molecule has 4 atom stereocenters. The third kappa shape index (κ3) is 8.86. The van der Waals surface area contributed by atoms with E-state index in [0.29, 0.717) is 24.8 Å². The van der Waals surface area contributed by atoms with Crippen molar-refractivity contribution in [3.8, 4) is 0 Å². The van der Waals surface area contributed by atoms with Gasteiger partial charge < -0.3 is 4.90 Å². The minimum atomic E-state index is -0.255. The van der Waals surface area contributed by atoms with Gasteiger partial charge in [0.15, 0.2) is 5.78 Å². The van der Waals surface area contributed by atoms with Crippen LogP contribution in [0.2, 0.25) is 0 Å². The van der Waals surface area contributed by atoms with Crippen LogP contribution in [0.4, 0.5) is 0 Å². The fourth-order valence-corrected chi connectivity index (χ4v) is 7.26. The van der Waals surface area contributed by atoms with Crippen molar-refractivity contribution in [2.45, 2.75) is 137 Å². The second kappa shape index (κ2) is 14.4. The zero-order valence-corrected chi connectivity index (χ0v) is 27.6. The molecule has 3 fully saturated rings. The molecule has 2 aliphatic heterocycles. The van der Waals surface area contributed by atoms with Crippen molar-refractivity contribution in [1.82, 2.24) is 4.90 Å². The highest BCUT2D eigenvalue weighted by Gasteiger charge is 2.43. The summed E-state index contributed by atoms with van der Waals surface area (Å²) in [5.74, 6) is 2.90. The Morgan fingerprint density at radius 3 is 2.36 bits per heavy atom. The number of carbonyl (C=O) groups is 2. The quantitative estimate of drug-likeness (QED) is 0.293. The van der Waals surface area contributed by atoms with Gasteiger partial charge in [-0.25, -0.2) is 0 Å². The molecule has 5 heteroatoms. The Morgan fingerprint density at radius 2 is 1.76 bits per heavy atom. The first kappa shape index (κ1) is 32.6. The molecule has 5 nitrogen and oxygen atoms in total. The van der Waals surface area contributed by atoms with Crippen LogP contribution in [0.25, 0.3) is 0 Å². The van der Waals surface area contributed by atoms with Crippen molar-refractivity contribution in [3.05, 3.63) is 47.2 Å². The van der Waals surface area contributed by atoms with Crippen molar-refractivity contribution in [3.63, 3.8) is 0 Å². The summed E-state index contributed by atoms with van der Waals surface area (Å²) in [7, 11) is 0. The second-order valence-corrected chi connectivity index (χ2v) is 15.0. The maximum atomic E-state index is 13.3. The summed E-state index contributed by atoms with van der Waals surface area (Å²) in [5, 5.41) is 8.74. The Labute approximate surface area is 257 Å². The first-order valence-corrected chi connectivity index (χ1v) is 17.0. The summed E-state index contributed by atoms with van der Waals surface area (Å²) in [5.41, 5.74) is 3.94. The standard InChI is InChI=1S/C20H31N3O2.C17H26.H2/c1-12-8-18(13(2)24)23(11-12)19(25)16(20(3,4)5)9-15-10-17(22-21-15)14-6-7-14;1-3-4-7-15-9-11-16(12-10-15)17-8-5-6-14(2)13-17;/h10,12,14-16,18H,6-9,11H2,1-5H3;5-6,8,13,15-16H,3-4,7,9-12H2,1-2H3;1H. The molecule has 0 aromatic heterocycles. The molecule has 42 heavy (non-hydrogen) atoms. The van der Waals surface area contributed by atoms with E-state index in [0.717, 1.165) is 24.0 Å². The predicted octanol–water partition coefficient (Wildman–Crippen LogP) is 9.70. The number of nitrogens with zero attached hydrogens (tertiary/aromatic N) is 3. The number of rotatable bonds is 9. The number of unbranched alkanes of at least 4 members (excludes halogenated alkanes) is 1. The largest absolute Gasteiger partial charge is 0.332 e. The molecule has 5 rings (SSSR count). The van der Waals surface area contributed by atoms with E-state index in [1.54, 1.807) is 12.5 Å². The lowest BCUT2D eigenvalue weighted by atomic mass is 9.76. The first-order valence-electron chi connectivity index (χ1n) is 17.0. The maximum absolute atomic E-state index is 13.3. The minimum Gasteiger partial charge on any atom is -0.332 e. The number of ketones is 1. The highest BCUT2D eigenvalue weighted by atomic mass is 16.2. The van der Waals surface area contributed by atoms with E-state index in [1.165, 1.54) is 63.4 Å². The first-order chi connectivity index (χ1) is 20.0. The van der Waals surface area contributed by atoms with E-state index >= 15 is 0 Å². The third-order valence-corrected chi connectivity index (χ3v) is 10.1. The number of aryl methyl sites for hydroxylation is 1. The summed E-state index contributed by atoms with van der Waals surface area (Å²) in [6, 6.07) is 8.88. The molecule has 0 bridgehead atoms. The Bertz CT molecular complexity index is 1130. The van der Waals surface area contributed by atoms with Gasteiger partial charge in [-0.2, -0.15) is 10.2 Å². The van der Waals surface area contributed by atoms with Gasteiger partial charge in [0.05, 0.1) is 17.8 Å². The molecule has 2 heterocycles. The number of carbonyl (C=O) groups excluding carboxylic acids is 2. The Balaban J connectivity index is 0.000000247. The van der Waals surface area contributed by atoms with E-state index in [-0.39, 0.29) is 36.5 Å². The average molecular weight is 578 g/mol. The number of likely N-dealkylation sites (tertiary alicyclic amines) is 1. The Morgan fingerprint density at radius 1 is 1.07 bits per heavy atom. The van der Waals surface area contributed by atoms with E-state index in [1.807, 2.05) is 4.90 Å². The lowest BCUT2D eigenvalue weighted by molar-refractivity contribution is -0.143. The van der Waals surface area contributed by atoms with Gasteiger partial charge in [-0.1, -0.05) is 83.7 Å². The molecule has 0 spiro atoms. The van der Waals surface area contributed by atoms with Crippen molar-refractivity contribution < 1.29 is 11.0 Å². The summed E-state index contributed by atoms with van der Waals surface area (Å²) in [6.07, 6.45) is 16.0. The van der Waals surface area contributed by atoms with Crippen LogP contribution in [0, 0.1) is 36.0 Å². The van der Waals surface area contributed by atoms with Crippen molar-refractivity contribution in [2.24, 2.45) is 39.3 Å². The number of amides is 1. The molecule has 2 saturated carbocycles. The fraction of sp³-hybridized carbons (Fsp3) is 0.730. The molecular weight excluding hydrogens is 518 g/mol. The zero-order chi connectivity index (χ0) is 30.4. The molecule has 4 aliphatic rings. The second-order valence-electron chi connectivity index (χ2n) is 15.0. The molecule has 1 aromatic carbocycles. The molecule has 0 N–H and O–H groups in total. The highest BCUT2D eigenvalue weighted by Crippen LogP contribution is 2.42. The summed E-state index contributed by atoms with van der Waals surface area (Å²) >= 11 is 0. The molecular formula is C37H59N3O2. The molecule has 2 aliphatic carbocycles. The van der Waals surface area contributed by atoms with E-state index in [9.17, 15) is 9.59 Å². The average Bonchev–Trinajstić information content (AvgIpc) is 3.56. The number of Topliss-reactive ketones (excluding diaryl/α,β-unsaturated/α-hetero) is 1. The van der Waals surface area contributed by atoms with Gasteiger partial charge in [-0.3, -0.25) is 9.59 Å². The van der Waals surface area contributed by atoms with Gasteiger partial charge in [0.2, 0.25) is 5.91 Å². The van der Waals surface area contributed by atoms with Crippen LogP contribution >= 0.6 is 0 Å². The predicted molar refractivity (Wildman–Crippen MR) is 174 cm³/mol. The number of allylic oxidation sites excluding steroid dienone is 1. The summed E-state index contributed by atoms with van der Waals surface area (Å²) in [6.45, 7) is 15.2. The van der Waals surface area contributed by atoms with Gasteiger partial charge in [-0.15, -0.1) is 0 Å². The Kier molecular flexibility index (Phi) is 11.2. The molecule has 4 unspecified atom stereocenters. The topological polar surface area (TPSA) is 62.1 Å². The lowest BCUT2D eigenvalue weighted by Crippen LogP contribution is -2.46. The van der Waals surface area contributed by atoms with E-state index in [2.05, 4.69) is 82.1 Å². The normalized spacial score (nSPS) is 28.2. The summed E-state index contributed by atoms with van der Waals surface area (Å²) in [4.78, 5) is 27.2. The van der Waals surface area contributed by atoms with Gasteiger partial charge in [0.1, 0.15) is 0 Å². The third-order valence-electron chi connectivity index (χ3n) is 10.1. The van der Waals surface area contributed by atoms with Gasteiger partial charge in [0.25, 0.3) is 0 Å². The van der Waals surface area contributed by atoms with Crippen LogP contribution < -0.4 is 0 Å². The SMILES string of the molecule is CC(=O)C1CC(C)CN1C(=O)C(CC1C=C(C2CC2)N=N1)C(C)(C)C.CCCCC1CCC(c2cccc(C)c2)CC1.[HH]. The zero-order valence-electron chi connectivity index (χ0n) is 27.6. The number of benzene rings is 1. The molecule has 0 radical (unpaired) electrons. The molecule has 1 saturated heterocycles. The van der Waals surface area contributed by atoms with Crippen LogP contribution in [-0.4, -0.2) is 35.2 Å². The van der Waals surface area contributed by atoms with Crippen LogP contribution in [0.15, 0.2) is 46.3 Å². The van der Waals surface area contributed by atoms with Gasteiger partial charge in [0, 0.05) is 19.8 Å². The van der Waals surface area contributed by atoms with Crippen LogP contribution in [-0.2, 0) is 9.59 Å². The van der Waals surface area contributed by atoms with Crippen molar-refractivity contribution in [1.29, 1.82) is 0 Å². The number of hydrogen-bond donors (Lipinski definition) is 0. The monoisotopic (exact) mass is 577 g/mol. The number of hydrogen-bond acceptors (Lipinski definition) is 4. The molecule has 234 valence electrons. The van der Waals surface area contributed by atoms with E-state index < -0.39 is 0 Å². The maximum Gasteiger partial charge on any atom is 0.226 e. The van der Waals surface area contributed by atoms with Crippen molar-refractivity contribution in [2.75, 3.05) is 6.54 Å². The van der Waals surface area contributed by atoms with Crippen LogP contribution in [0.3, 0.4) is 0 Å². The fourth-order valence-electron chi connectivity index (χ4n) is 7.26. The highest BCUT2D eigenvalue weighted by molar-refractivity contribution is 5.89. The molecule has 1 amide bonds. The minimum absolute atomic E-state index is 0. The summed E-state index contributed by atoms with van der Waals surface area (Å²) < 4.78 is 0. The lowest BCUT2D eigenvalue weighted by Gasteiger charge is -2.35. The Hall–Kier alpha value is -2.30. The van der Waals surface area contributed by atoms with Crippen molar-refractivity contribution >= 4 is 11.7 Å². The van der Waals surface area contributed by atoms with Crippen LogP contribution in [0.1, 0.15) is 131 Å². The smallest absolute Gasteiger partial charge is 0.226 e. The van der Waals surface area contributed by atoms with Gasteiger partial charge in [-0.05, 0) is 100 Å². The van der Waals surface area contributed by atoms with Gasteiger partial charge >= 0.3 is 0 Å².